The van der Waals surface area contributed by atoms with E-state index in [1.54, 1.807) is 6.26 Å². The molecule has 0 saturated carbocycles. The standard InChI is InChI=1S/C10H13ClN4O2S/c1-17-10-8-9(12-6-13-10)15(3-4-18(2)16)7(5-11)14-8/h6H,3-5H2,1-2H3. The highest BCUT2D eigenvalue weighted by atomic mass is 35.5. The van der Waals surface area contributed by atoms with Crippen LogP contribution in [0.3, 0.4) is 0 Å². The lowest BCUT2D eigenvalue weighted by molar-refractivity contribution is 0.401. The van der Waals surface area contributed by atoms with E-state index in [0.717, 1.165) is 0 Å². The molecule has 0 saturated heterocycles. The monoisotopic (exact) mass is 288 g/mol. The number of hydrogen-bond acceptors (Lipinski definition) is 5. The average molecular weight is 289 g/mol. The van der Waals surface area contributed by atoms with Gasteiger partial charge in [0.1, 0.15) is 12.2 Å². The Morgan fingerprint density at radius 1 is 1.50 bits per heavy atom. The van der Waals surface area contributed by atoms with E-state index in [9.17, 15) is 4.21 Å². The number of aromatic nitrogens is 4. The van der Waals surface area contributed by atoms with E-state index in [2.05, 4.69) is 15.0 Å². The molecule has 0 spiro atoms. The second-order valence-electron chi connectivity index (χ2n) is 3.65. The Hall–Kier alpha value is -1.21. The van der Waals surface area contributed by atoms with Crippen LogP contribution in [-0.4, -0.2) is 42.8 Å². The summed E-state index contributed by atoms with van der Waals surface area (Å²) in [7, 11) is 0.653. The lowest BCUT2D eigenvalue weighted by Gasteiger charge is -2.05. The average Bonchev–Trinajstić information content (AvgIpc) is 2.73. The minimum absolute atomic E-state index is 0.260. The van der Waals surface area contributed by atoms with Crippen LogP contribution in [0.25, 0.3) is 11.2 Å². The van der Waals surface area contributed by atoms with Gasteiger partial charge in [0, 0.05) is 29.4 Å². The van der Waals surface area contributed by atoms with Gasteiger partial charge in [0.05, 0.1) is 13.0 Å². The summed E-state index contributed by atoms with van der Waals surface area (Å²) in [5.74, 6) is 1.89. The molecule has 0 aromatic carbocycles. The third kappa shape index (κ3) is 2.46. The lowest BCUT2D eigenvalue weighted by atomic mass is 10.5. The van der Waals surface area contributed by atoms with Gasteiger partial charge in [-0.3, -0.25) is 4.21 Å². The predicted molar refractivity (Wildman–Crippen MR) is 70.4 cm³/mol. The van der Waals surface area contributed by atoms with Crippen molar-refractivity contribution in [1.29, 1.82) is 0 Å². The fourth-order valence-corrected chi connectivity index (χ4v) is 2.31. The van der Waals surface area contributed by atoms with E-state index in [4.69, 9.17) is 16.3 Å². The maximum absolute atomic E-state index is 11.2. The summed E-state index contributed by atoms with van der Waals surface area (Å²) >= 11 is 5.87. The molecule has 0 bridgehead atoms. The molecule has 0 aliphatic carbocycles. The molecule has 2 aromatic rings. The molecule has 6 nitrogen and oxygen atoms in total. The highest BCUT2D eigenvalue weighted by Gasteiger charge is 2.15. The number of ether oxygens (including phenoxy) is 1. The van der Waals surface area contributed by atoms with Crippen LogP contribution in [0.2, 0.25) is 0 Å². The molecule has 1 atom stereocenters. The molecule has 2 rings (SSSR count). The van der Waals surface area contributed by atoms with Crippen LogP contribution >= 0.6 is 11.6 Å². The number of aryl methyl sites for hydroxylation is 1. The summed E-state index contributed by atoms with van der Waals surface area (Å²) in [6.07, 6.45) is 3.08. The Kier molecular flexibility index (Phi) is 4.13. The third-order valence-corrected chi connectivity index (χ3v) is 3.49. The molecule has 0 aliphatic heterocycles. The van der Waals surface area contributed by atoms with E-state index in [1.807, 2.05) is 4.57 Å². The molecule has 1 unspecified atom stereocenters. The molecule has 0 amide bonds. The highest BCUT2D eigenvalue weighted by Crippen LogP contribution is 2.22. The second-order valence-corrected chi connectivity index (χ2v) is 5.47. The van der Waals surface area contributed by atoms with Crippen LogP contribution < -0.4 is 4.74 Å². The quantitative estimate of drug-likeness (QED) is 0.766. The molecule has 18 heavy (non-hydrogen) atoms. The van der Waals surface area contributed by atoms with Crippen molar-refractivity contribution in [2.45, 2.75) is 12.4 Å². The van der Waals surface area contributed by atoms with Gasteiger partial charge in [-0.15, -0.1) is 11.6 Å². The zero-order valence-electron chi connectivity index (χ0n) is 10.1. The Bertz CT molecular complexity index is 587. The maximum Gasteiger partial charge on any atom is 0.245 e. The minimum Gasteiger partial charge on any atom is -0.479 e. The smallest absolute Gasteiger partial charge is 0.245 e. The molecule has 2 aromatic heterocycles. The van der Waals surface area contributed by atoms with Crippen LogP contribution in [0.5, 0.6) is 5.88 Å². The first kappa shape index (κ1) is 13.2. The molecule has 0 fully saturated rings. The third-order valence-electron chi connectivity index (χ3n) is 2.49. The van der Waals surface area contributed by atoms with Gasteiger partial charge in [-0.2, -0.15) is 4.98 Å². The second kappa shape index (κ2) is 5.62. The molecule has 0 aliphatic rings. The predicted octanol–water partition coefficient (Wildman–Crippen LogP) is 0.952. The Balaban J connectivity index is 2.52. The van der Waals surface area contributed by atoms with E-state index in [0.29, 0.717) is 35.2 Å². The number of rotatable bonds is 5. The Labute approximate surface area is 112 Å². The van der Waals surface area contributed by atoms with E-state index >= 15 is 0 Å². The molecular weight excluding hydrogens is 276 g/mol. The number of nitrogens with zero attached hydrogens (tertiary/aromatic N) is 4. The summed E-state index contributed by atoms with van der Waals surface area (Å²) < 4.78 is 18.2. The summed E-state index contributed by atoms with van der Waals surface area (Å²) in [5, 5.41) is 0. The van der Waals surface area contributed by atoms with E-state index < -0.39 is 10.8 Å². The SMILES string of the molecule is COc1ncnc2c1nc(CCl)n2CCS(C)=O. The molecule has 0 radical (unpaired) electrons. The van der Waals surface area contributed by atoms with Crippen LogP contribution in [0.15, 0.2) is 6.33 Å². The van der Waals surface area contributed by atoms with Crippen molar-refractivity contribution in [3.05, 3.63) is 12.2 Å². The largest absolute Gasteiger partial charge is 0.479 e. The molecule has 8 heteroatoms. The summed E-state index contributed by atoms with van der Waals surface area (Å²) in [6, 6.07) is 0. The molecular formula is C10H13ClN4O2S. The summed E-state index contributed by atoms with van der Waals surface area (Å²) in [4.78, 5) is 12.5. The number of alkyl halides is 1. The van der Waals surface area contributed by atoms with Crippen LogP contribution in [-0.2, 0) is 23.2 Å². The van der Waals surface area contributed by atoms with Gasteiger partial charge in [-0.1, -0.05) is 0 Å². The van der Waals surface area contributed by atoms with E-state index in [1.165, 1.54) is 13.4 Å². The first-order valence-electron chi connectivity index (χ1n) is 5.27. The molecule has 0 N–H and O–H groups in total. The summed E-state index contributed by atoms with van der Waals surface area (Å²) in [5.41, 5.74) is 1.24. The number of fused-ring (bicyclic) bond motifs is 1. The topological polar surface area (TPSA) is 69.9 Å². The first-order valence-corrected chi connectivity index (χ1v) is 7.53. The number of imidazole rings is 1. The normalized spacial score (nSPS) is 12.8. The van der Waals surface area contributed by atoms with Crippen molar-refractivity contribution in [1.82, 2.24) is 19.5 Å². The van der Waals surface area contributed by atoms with Crippen molar-refractivity contribution in [3.63, 3.8) is 0 Å². The van der Waals surface area contributed by atoms with Gasteiger partial charge in [0.25, 0.3) is 0 Å². The van der Waals surface area contributed by atoms with Gasteiger partial charge >= 0.3 is 0 Å². The fraction of sp³-hybridized carbons (Fsp3) is 0.500. The van der Waals surface area contributed by atoms with Crippen molar-refractivity contribution in [2.75, 3.05) is 19.1 Å². The van der Waals surface area contributed by atoms with Crippen molar-refractivity contribution < 1.29 is 8.95 Å². The zero-order valence-corrected chi connectivity index (χ0v) is 11.7. The highest BCUT2D eigenvalue weighted by molar-refractivity contribution is 7.84. The molecule has 98 valence electrons. The number of hydrogen-bond donors (Lipinski definition) is 0. The van der Waals surface area contributed by atoms with Crippen LogP contribution in [0.1, 0.15) is 5.82 Å². The number of methoxy groups -OCH3 is 1. The van der Waals surface area contributed by atoms with Gasteiger partial charge in [-0.25, -0.2) is 9.97 Å². The zero-order chi connectivity index (χ0) is 13.1. The number of halogens is 1. The van der Waals surface area contributed by atoms with E-state index in [-0.39, 0.29) is 5.88 Å². The lowest BCUT2D eigenvalue weighted by Crippen LogP contribution is -2.09. The first-order chi connectivity index (χ1) is 8.67. The van der Waals surface area contributed by atoms with Gasteiger partial charge in [-0.05, 0) is 0 Å². The molecule has 2 heterocycles. The van der Waals surface area contributed by atoms with Crippen molar-refractivity contribution in [3.8, 4) is 5.88 Å². The van der Waals surface area contributed by atoms with Gasteiger partial charge in [0.2, 0.25) is 5.88 Å². The van der Waals surface area contributed by atoms with Gasteiger partial charge in [0.15, 0.2) is 11.2 Å². The fourth-order valence-electron chi connectivity index (χ4n) is 1.67. The van der Waals surface area contributed by atoms with Crippen LogP contribution in [0, 0.1) is 0 Å². The van der Waals surface area contributed by atoms with Crippen molar-refractivity contribution in [2.24, 2.45) is 0 Å². The summed E-state index contributed by atoms with van der Waals surface area (Å²) in [6.45, 7) is 0.557. The van der Waals surface area contributed by atoms with Gasteiger partial charge < -0.3 is 9.30 Å². The Morgan fingerprint density at radius 2 is 2.28 bits per heavy atom. The van der Waals surface area contributed by atoms with Crippen molar-refractivity contribution >= 4 is 33.6 Å². The Morgan fingerprint density at radius 3 is 2.89 bits per heavy atom. The maximum atomic E-state index is 11.2. The minimum atomic E-state index is -0.877. The van der Waals surface area contributed by atoms with Crippen LogP contribution in [0.4, 0.5) is 0 Å².